The van der Waals surface area contributed by atoms with Gasteiger partial charge in [-0.3, -0.25) is 0 Å². The molecule has 0 atom stereocenters. The molecule has 0 unspecified atom stereocenters. The van der Waals surface area contributed by atoms with Crippen molar-refractivity contribution in [2.24, 2.45) is 0 Å². The van der Waals surface area contributed by atoms with Crippen molar-refractivity contribution < 1.29 is 54.4 Å². The topological polar surface area (TPSA) is 298 Å². The van der Waals surface area contributed by atoms with Crippen LogP contribution in [0, 0.1) is 0 Å². The van der Waals surface area contributed by atoms with Gasteiger partial charge >= 0.3 is 30.5 Å². The van der Waals surface area contributed by atoms with Gasteiger partial charge in [-0.1, -0.05) is 0 Å². The molecule has 0 rings (SSSR count). The van der Waals surface area contributed by atoms with Gasteiger partial charge in [-0.15, -0.1) is 0 Å². The first-order valence-corrected chi connectivity index (χ1v) is 4.07. The Morgan fingerprint density at radius 1 is 0.583 bits per heavy atom. The van der Waals surface area contributed by atoms with Crippen molar-refractivity contribution in [2.45, 2.75) is 0 Å². The molecule has 0 saturated carbocycles. The fourth-order valence-electron chi connectivity index (χ4n) is 0. The second kappa shape index (κ2) is 30.6. The van der Waals surface area contributed by atoms with E-state index in [4.69, 9.17) is 16.0 Å². The Labute approximate surface area is 69.8 Å². The quantitative estimate of drug-likeness (QED) is 0.360. The minimum absolute atomic E-state index is 0. The van der Waals surface area contributed by atoms with E-state index in [1.807, 2.05) is 0 Å². The summed E-state index contributed by atoms with van der Waals surface area (Å²) in [6.45, 7) is 0. The maximum absolute atomic E-state index is 8.94. The van der Waals surface area contributed by atoms with Crippen molar-refractivity contribution in [2.75, 3.05) is 0 Å². The van der Waals surface area contributed by atoms with Crippen LogP contribution in [0.25, 0.3) is 0 Å². The van der Waals surface area contributed by atoms with Crippen LogP contribution < -0.4 is 0 Å². The predicted octanol–water partition coefficient (Wildman–Crippen LogP) is -7.94. The average molecular weight is 268 g/mol. The Hall–Kier alpha value is -0.0416. The Bertz CT molecular complexity index is 51.1. The first kappa shape index (κ1) is 91.6. The molecule has 0 fully saturated rings. The van der Waals surface area contributed by atoms with E-state index < -0.39 is 14.5 Å². The SMILES string of the molecule is O.O.O.O.O.O.O.O=[As](O)(O)O. The summed E-state index contributed by atoms with van der Waals surface area (Å²) < 4.78 is 30.7. The molecule has 0 aliphatic rings. The van der Waals surface area contributed by atoms with Gasteiger partial charge in [0, 0.05) is 0 Å². The van der Waals surface area contributed by atoms with Crippen molar-refractivity contribution in [3.63, 3.8) is 0 Å². The molecule has 0 aromatic rings. The van der Waals surface area contributed by atoms with Gasteiger partial charge in [0.15, 0.2) is 0 Å². The fourth-order valence-corrected chi connectivity index (χ4v) is 0. The second-order valence-corrected chi connectivity index (χ2v) is 2.67. The van der Waals surface area contributed by atoms with Crippen molar-refractivity contribution in [1.82, 2.24) is 0 Å². The molecule has 0 aliphatic heterocycles. The summed E-state index contributed by atoms with van der Waals surface area (Å²) in [5.74, 6) is 0. The number of rotatable bonds is 0. The van der Waals surface area contributed by atoms with E-state index >= 15 is 0 Å². The summed E-state index contributed by atoms with van der Waals surface area (Å²) in [4.78, 5) is 0. The van der Waals surface area contributed by atoms with Crippen molar-refractivity contribution in [3.8, 4) is 0 Å². The molecule has 11 nitrogen and oxygen atoms in total. The minimum atomic E-state index is -5.12. The van der Waals surface area contributed by atoms with Crippen molar-refractivity contribution >= 4 is 14.5 Å². The van der Waals surface area contributed by atoms with Gasteiger partial charge in [-0.2, -0.15) is 0 Å². The van der Waals surface area contributed by atoms with Crippen LogP contribution in [0.3, 0.4) is 0 Å². The molecule has 0 aromatic carbocycles. The van der Waals surface area contributed by atoms with Crippen LogP contribution in [0.4, 0.5) is 0 Å². The van der Waals surface area contributed by atoms with Gasteiger partial charge in [0.1, 0.15) is 0 Å². The molecule has 0 heterocycles. The molecule has 88 valence electrons. The normalized spacial score (nSPS) is 4.92. The molecule has 12 heteroatoms. The first-order valence-electron chi connectivity index (χ1n) is 0.783. The van der Waals surface area contributed by atoms with Crippen molar-refractivity contribution in [1.29, 1.82) is 0 Å². The van der Waals surface area contributed by atoms with E-state index in [0.717, 1.165) is 0 Å². The summed E-state index contributed by atoms with van der Waals surface area (Å²) in [7, 11) is 0. The van der Waals surface area contributed by atoms with E-state index in [1.165, 1.54) is 0 Å². The fraction of sp³-hybridized carbons (Fsp3) is 0. The monoisotopic (exact) mass is 268 g/mol. The summed E-state index contributed by atoms with van der Waals surface area (Å²) in [5.41, 5.74) is 0. The molecule has 12 heavy (non-hydrogen) atoms. The Morgan fingerprint density at radius 3 is 0.583 bits per heavy atom. The zero-order valence-electron chi connectivity index (χ0n) is 5.70. The summed E-state index contributed by atoms with van der Waals surface area (Å²) in [6, 6.07) is 0. The summed E-state index contributed by atoms with van der Waals surface area (Å²) in [6.07, 6.45) is 0. The zero-order valence-corrected chi connectivity index (χ0v) is 7.57. The second-order valence-electron chi connectivity index (χ2n) is 0.513. The van der Waals surface area contributed by atoms with Crippen LogP contribution in [0.15, 0.2) is 0 Å². The molecule has 0 aliphatic carbocycles. The predicted molar refractivity (Wildman–Crippen MR) is 38.4 cm³/mol. The van der Waals surface area contributed by atoms with Crippen LogP contribution in [0.1, 0.15) is 0 Å². The molecule has 0 radical (unpaired) electrons. The van der Waals surface area contributed by atoms with Crippen LogP contribution >= 0.6 is 0 Å². The van der Waals surface area contributed by atoms with E-state index in [0.29, 0.717) is 0 Å². The standard InChI is InChI=1S/AsH3O4.7H2O/c2-1(3,4)5;;;;;;;/h(H3,2,3,4,5);7*1H2. The van der Waals surface area contributed by atoms with Gasteiger partial charge in [0.05, 0.1) is 0 Å². The van der Waals surface area contributed by atoms with E-state index in [1.54, 1.807) is 0 Å². The summed E-state index contributed by atoms with van der Waals surface area (Å²) >= 11 is -5.12. The third-order valence-corrected chi connectivity index (χ3v) is 0. The van der Waals surface area contributed by atoms with Crippen LogP contribution in [0.2, 0.25) is 0 Å². The maximum atomic E-state index is 8.94. The molecule has 0 aromatic heterocycles. The Kier molecular flexibility index (Phi) is 234. The van der Waals surface area contributed by atoms with Crippen LogP contribution in [-0.2, 0) is 3.74 Å². The summed E-state index contributed by atoms with van der Waals surface area (Å²) in [5, 5.41) is 0. The van der Waals surface area contributed by atoms with Gasteiger partial charge in [0.25, 0.3) is 0 Å². The first-order chi connectivity index (χ1) is 2.00. The number of hydrogen-bond donors (Lipinski definition) is 3. The third-order valence-electron chi connectivity index (χ3n) is 0. The Balaban J connectivity index is -0.00000000381. The van der Waals surface area contributed by atoms with Gasteiger partial charge < -0.3 is 38.3 Å². The molecular weight excluding hydrogens is 251 g/mol. The van der Waals surface area contributed by atoms with Crippen LogP contribution in [-0.4, -0.2) is 65.1 Å². The third kappa shape index (κ3) is 463000. The molecule has 0 spiro atoms. The van der Waals surface area contributed by atoms with E-state index in [-0.39, 0.29) is 38.3 Å². The molecule has 0 bridgehead atoms. The van der Waals surface area contributed by atoms with Crippen molar-refractivity contribution in [3.05, 3.63) is 0 Å². The molecule has 0 amide bonds. The van der Waals surface area contributed by atoms with E-state index in [9.17, 15) is 0 Å². The van der Waals surface area contributed by atoms with Crippen LogP contribution in [0.5, 0.6) is 0 Å². The van der Waals surface area contributed by atoms with Gasteiger partial charge in [-0.05, 0) is 0 Å². The van der Waals surface area contributed by atoms with E-state index in [2.05, 4.69) is 0 Å². The zero-order chi connectivity index (χ0) is 4.50. The molecular formula is H17AsO11. The Morgan fingerprint density at radius 2 is 0.583 bits per heavy atom. The van der Waals surface area contributed by atoms with Gasteiger partial charge in [-0.25, -0.2) is 0 Å². The molecule has 17 N–H and O–H groups in total. The van der Waals surface area contributed by atoms with Gasteiger partial charge in [0.2, 0.25) is 0 Å². The molecule has 0 saturated heterocycles. The average Bonchev–Trinajstić information content (AvgIpc) is 0.722. The number of hydrogen-bond acceptors (Lipinski definition) is 1.